The van der Waals surface area contributed by atoms with Gasteiger partial charge in [-0.1, -0.05) is 151 Å². The largest absolute Gasteiger partial charge is 0.305 e. The molecule has 0 spiro atoms. The van der Waals surface area contributed by atoms with Gasteiger partial charge in [0.2, 0.25) is 0 Å². The number of fused-ring (bicyclic) bond motifs is 9. The van der Waals surface area contributed by atoms with Crippen LogP contribution in [0.3, 0.4) is 0 Å². The summed E-state index contributed by atoms with van der Waals surface area (Å²) in [4.78, 5) is 9.06. The SMILES string of the molecule is Cc1cc(-c2[c-]cccc2)ncc1[Si](C)(C)C.[2H]C([2H])(c1ccccc1)c1cc(-c2[c-]c3ccccc3c3c2sc2c4ccc5ccccc5c4ccc23)ncc1F.[Ir]. The van der Waals surface area contributed by atoms with E-state index in [1.54, 1.807) is 41.7 Å². The van der Waals surface area contributed by atoms with E-state index in [2.05, 4.69) is 122 Å². The van der Waals surface area contributed by atoms with Gasteiger partial charge in [0.15, 0.2) is 0 Å². The molecular weight excluding hydrogens is 912 g/mol. The molecule has 0 fully saturated rings. The van der Waals surface area contributed by atoms with Crippen molar-refractivity contribution < 1.29 is 27.2 Å². The van der Waals surface area contributed by atoms with E-state index in [1.807, 2.05) is 42.5 Å². The van der Waals surface area contributed by atoms with Crippen LogP contribution in [0.4, 0.5) is 4.39 Å². The topological polar surface area (TPSA) is 25.8 Å². The summed E-state index contributed by atoms with van der Waals surface area (Å²) in [5, 5.41) is 10.6. The van der Waals surface area contributed by atoms with Gasteiger partial charge in [-0.05, 0) is 66.9 Å². The van der Waals surface area contributed by atoms with Crippen LogP contribution < -0.4 is 5.19 Å². The van der Waals surface area contributed by atoms with Crippen molar-refractivity contribution in [1.82, 2.24) is 9.97 Å². The number of hydrogen-bond donors (Lipinski definition) is 0. The summed E-state index contributed by atoms with van der Waals surface area (Å²) in [5.74, 6) is -0.672. The molecule has 7 aromatic carbocycles. The molecular formula is C51H39FIrN2SSi-2. The maximum absolute atomic E-state index is 15.2. The maximum Gasteiger partial charge on any atom is 0.143 e. The molecule has 0 N–H and O–H groups in total. The average molecular weight is 953 g/mol. The third kappa shape index (κ3) is 7.47. The molecule has 10 aromatic rings. The van der Waals surface area contributed by atoms with E-state index in [1.165, 1.54) is 37.0 Å². The molecule has 57 heavy (non-hydrogen) atoms. The molecule has 10 rings (SSSR count). The zero-order valence-electron chi connectivity index (χ0n) is 33.9. The van der Waals surface area contributed by atoms with Crippen LogP contribution in [0.5, 0.6) is 0 Å². The molecule has 0 saturated carbocycles. The fraction of sp³-hybridized carbons (Fsp3) is 0.0980. The number of rotatable bonds is 5. The normalized spacial score (nSPS) is 12.3. The molecule has 1 radical (unpaired) electrons. The fourth-order valence-corrected chi connectivity index (χ4v) is 10.7. The molecule has 0 atom stereocenters. The van der Waals surface area contributed by atoms with Gasteiger partial charge in [-0.2, -0.15) is 11.3 Å². The number of pyridine rings is 2. The summed E-state index contributed by atoms with van der Waals surface area (Å²) < 4.78 is 35.0. The van der Waals surface area contributed by atoms with Crippen LogP contribution in [-0.4, -0.2) is 18.0 Å². The van der Waals surface area contributed by atoms with Crippen LogP contribution in [0, 0.1) is 24.9 Å². The number of aromatic nitrogens is 2. The summed E-state index contributed by atoms with van der Waals surface area (Å²) in [5.41, 5.74) is 5.04. The molecule has 0 bridgehead atoms. The molecule has 281 valence electrons. The fourth-order valence-electron chi connectivity index (χ4n) is 7.66. The average Bonchev–Trinajstić information content (AvgIpc) is 3.64. The molecule has 2 nitrogen and oxygen atoms in total. The van der Waals surface area contributed by atoms with Gasteiger partial charge < -0.3 is 4.98 Å². The van der Waals surface area contributed by atoms with Crippen LogP contribution in [0.2, 0.25) is 19.6 Å². The Bertz CT molecular complexity index is 3170. The Morgan fingerprint density at radius 3 is 2.16 bits per heavy atom. The number of thiophene rings is 1. The summed E-state index contributed by atoms with van der Waals surface area (Å²) in [6, 6.07) is 52.6. The molecule has 0 aliphatic heterocycles. The first kappa shape index (κ1) is 36.0. The number of nitrogens with zero attached hydrogens (tertiary/aromatic N) is 2. The van der Waals surface area contributed by atoms with Crippen LogP contribution in [0.25, 0.3) is 75.0 Å². The number of aryl methyl sites for hydroxylation is 1. The first-order valence-electron chi connectivity index (χ1n) is 19.8. The third-order valence-corrected chi connectivity index (χ3v) is 13.7. The van der Waals surface area contributed by atoms with E-state index in [0.717, 1.165) is 49.3 Å². The Balaban J connectivity index is 0.000000227. The van der Waals surface area contributed by atoms with Crippen LogP contribution in [0.1, 0.15) is 19.4 Å². The molecule has 0 unspecified atom stereocenters. The Labute approximate surface area is 354 Å². The third-order valence-electron chi connectivity index (χ3n) is 10.3. The van der Waals surface area contributed by atoms with E-state index in [-0.39, 0.29) is 25.7 Å². The van der Waals surface area contributed by atoms with Crippen molar-refractivity contribution in [3.8, 4) is 22.5 Å². The van der Waals surface area contributed by atoms with Gasteiger partial charge >= 0.3 is 0 Å². The zero-order chi connectivity index (χ0) is 40.2. The smallest absolute Gasteiger partial charge is 0.143 e. The van der Waals surface area contributed by atoms with E-state index < -0.39 is 20.3 Å². The molecule has 0 aliphatic rings. The van der Waals surface area contributed by atoms with E-state index in [9.17, 15) is 0 Å². The van der Waals surface area contributed by atoms with Gasteiger partial charge in [0.25, 0.3) is 0 Å². The Morgan fingerprint density at radius 2 is 1.39 bits per heavy atom. The Kier molecular flexibility index (Phi) is 10.0. The van der Waals surface area contributed by atoms with Crippen molar-refractivity contribution >= 4 is 77.1 Å². The van der Waals surface area contributed by atoms with Gasteiger partial charge in [0.1, 0.15) is 5.82 Å². The van der Waals surface area contributed by atoms with Crippen molar-refractivity contribution in [2.45, 2.75) is 32.9 Å². The molecule has 0 amide bonds. The van der Waals surface area contributed by atoms with Gasteiger partial charge in [-0.25, -0.2) is 4.39 Å². The van der Waals surface area contributed by atoms with Gasteiger partial charge in [-0.3, -0.25) is 4.98 Å². The Hall–Kier alpha value is -5.36. The van der Waals surface area contributed by atoms with Crippen molar-refractivity contribution in [3.63, 3.8) is 0 Å². The number of hydrogen-bond acceptors (Lipinski definition) is 3. The van der Waals surface area contributed by atoms with Crippen molar-refractivity contribution in [2.24, 2.45) is 0 Å². The van der Waals surface area contributed by atoms with Crippen molar-refractivity contribution in [2.75, 3.05) is 0 Å². The van der Waals surface area contributed by atoms with Crippen molar-refractivity contribution in [3.05, 3.63) is 187 Å². The van der Waals surface area contributed by atoms with Crippen molar-refractivity contribution in [1.29, 1.82) is 0 Å². The van der Waals surface area contributed by atoms with Gasteiger partial charge in [0.05, 0.1) is 14.3 Å². The van der Waals surface area contributed by atoms with Crippen LogP contribution >= 0.6 is 11.3 Å². The monoisotopic (exact) mass is 953 g/mol. The molecule has 3 aromatic heterocycles. The number of halogens is 1. The molecule has 0 aliphatic carbocycles. The minimum Gasteiger partial charge on any atom is -0.305 e. The minimum atomic E-state index is -2.03. The maximum atomic E-state index is 15.2. The zero-order valence-corrected chi connectivity index (χ0v) is 36.2. The minimum absolute atomic E-state index is 0. The summed E-state index contributed by atoms with van der Waals surface area (Å²) in [6.07, 6.45) is 1.16. The quantitative estimate of drug-likeness (QED) is 0.0976. The van der Waals surface area contributed by atoms with E-state index >= 15 is 4.39 Å². The van der Waals surface area contributed by atoms with Gasteiger partial charge in [0, 0.05) is 39.4 Å². The number of benzene rings is 7. The predicted octanol–water partition coefficient (Wildman–Crippen LogP) is 13.5. The second-order valence-corrected chi connectivity index (χ2v) is 21.2. The Morgan fingerprint density at radius 1 is 0.684 bits per heavy atom. The first-order valence-corrected chi connectivity index (χ1v) is 23.1. The first-order chi connectivity index (χ1) is 28.0. The van der Waals surface area contributed by atoms with E-state index in [4.69, 9.17) is 2.74 Å². The second-order valence-electron chi connectivity index (χ2n) is 15.1. The van der Waals surface area contributed by atoms with Gasteiger partial charge in [-0.15, -0.1) is 53.4 Å². The standard InChI is InChI=1S/C36H21FNS.C15H18NSi.Ir/c37-32-21-38-33(20-25(32)18-22-8-2-1-3-9-22)31-19-24-11-5-7-13-27(24)34-30-17-16-28-26-12-6-4-10-23(26)14-15-29(28)35(30)39-36(31)34;1-12-10-14(13-8-6-5-7-9-13)16-11-15(12)17(2,3)4;/h1-17,20-21H,18H2;5-8,10-11H,1-4H3;/q2*-1;/i18D2;;. The molecule has 0 saturated heterocycles. The summed E-state index contributed by atoms with van der Waals surface area (Å²) in [6.45, 7) is 9.24. The predicted molar refractivity (Wildman–Crippen MR) is 239 cm³/mol. The second kappa shape index (κ2) is 15.9. The van der Waals surface area contributed by atoms with Crippen LogP contribution in [-0.2, 0) is 26.5 Å². The van der Waals surface area contributed by atoms with Crippen LogP contribution in [0.15, 0.2) is 152 Å². The molecule has 3 heterocycles. The molecule has 6 heteroatoms. The summed E-state index contributed by atoms with van der Waals surface area (Å²) >= 11 is 1.69. The van der Waals surface area contributed by atoms with E-state index in [0.29, 0.717) is 11.3 Å². The summed E-state index contributed by atoms with van der Waals surface area (Å²) in [7, 11) is -1.27.